The maximum absolute atomic E-state index is 9.87. The van der Waals surface area contributed by atoms with Crippen molar-refractivity contribution in [3.8, 4) is 5.75 Å². The summed E-state index contributed by atoms with van der Waals surface area (Å²) in [4.78, 5) is 0. The molecule has 1 aromatic carbocycles. The average molecular weight is 261 g/mol. The van der Waals surface area contributed by atoms with Gasteiger partial charge in [0, 0.05) is 17.0 Å². The fraction of sp³-hybridized carbons (Fsp3) is 0.625. The second-order valence-corrected chi connectivity index (χ2v) is 6.97. The van der Waals surface area contributed by atoms with Gasteiger partial charge in [0.1, 0.15) is 11.4 Å². The smallest absolute Gasteiger partial charge is 0.125 e. The quantitative estimate of drug-likeness (QED) is 0.860. The predicted molar refractivity (Wildman–Crippen MR) is 75.2 cm³/mol. The van der Waals surface area contributed by atoms with Crippen LogP contribution in [0.4, 0.5) is 0 Å². The molecule has 3 nitrogen and oxygen atoms in total. The number of rotatable bonds is 2. The monoisotopic (exact) mass is 261 g/mol. The maximum atomic E-state index is 9.87. The van der Waals surface area contributed by atoms with Gasteiger partial charge in [0.15, 0.2) is 0 Å². The first-order valence-corrected chi connectivity index (χ1v) is 7.04. The highest BCUT2D eigenvalue weighted by Gasteiger charge is 2.51. The number of para-hydroxylation sites is 1. The van der Waals surface area contributed by atoms with E-state index in [9.17, 15) is 5.11 Å². The molecule has 0 bridgehead atoms. The zero-order valence-corrected chi connectivity index (χ0v) is 12.1. The molecule has 3 atom stereocenters. The lowest BCUT2D eigenvalue weighted by molar-refractivity contribution is -0.0823. The SMILES string of the molecule is CC1(C)Oc2ccccc2C1NC1CC(O)C1(C)C. The first-order valence-electron chi connectivity index (χ1n) is 7.04. The second-order valence-electron chi connectivity index (χ2n) is 6.97. The molecule has 1 aliphatic carbocycles. The van der Waals surface area contributed by atoms with Crippen molar-refractivity contribution in [1.29, 1.82) is 0 Å². The molecule has 3 rings (SSSR count). The summed E-state index contributed by atoms with van der Waals surface area (Å²) in [6.45, 7) is 8.47. The van der Waals surface area contributed by atoms with Gasteiger partial charge in [-0.05, 0) is 26.3 Å². The lowest BCUT2D eigenvalue weighted by Crippen LogP contribution is -2.62. The summed E-state index contributed by atoms with van der Waals surface area (Å²) in [6.07, 6.45) is 0.618. The van der Waals surface area contributed by atoms with Gasteiger partial charge in [-0.2, -0.15) is 0 Å². The summed E-state index contributed by atoms with van der Waals surface area (Å²) >= 11 is 0. The van der Waals surface area contributed by atoms with E-state index in [0.717, 1.165) is 12.2 Å². The molecule has 2 aliphatic rings. The topological polar surface area (TPSA) is 41.5 Å². The van der Waals surface area contributed by atoms with Crippen LogP contribution in [0.3, 0.4) is 0 Å². The Morgan fingerprint density at radius 2 is 1.89 bits per heavy atom. The van der Waals surface area contributed by atoms with Crippen LogP contribution in [0.5, 0.6) is 5.75 Å². The number of aliphatic hydroxyl groups is 1. The van der Waals surface area contributed by atoms with E-state index in [1.165, 1.54) is 5.56 Å². The van der Waals surface area contributed by atoms with Crippen LogP contribution in [0.2, 0.25) is 0 Å². The van der Waals surface area contributed by atoms with E-state index in [1.54, 1.807) is 0 Å². The summed E-state index contributed by atoms with van der Waals surface area (Å²) in [7, 11) is 0. The van der Waals surface area contributed by atoms with Crippen molar-refractivity contribution in [2.45, 2.75) is 57.9 Å². The Labute approximate surface area is 115 Å². The fourth-order valence-electron chi connectivity index (χ4n) is 3.21. The van der Waals surface area contributed by atoms with Crippen molar-refractivity contribution < 1.29 is 9.84 Å². The molecule has 0 aromatic heterocycles. The maximum Gasteiger partial charge on any atom is 0.125 e. The highest BCUT2D eigenvalue weighted by atomic mass is 16.5. The summed E-state index contributed by atoms with van der Waals surface area (Å²) in [6, 6.07) is 8.73. The lowest BCUT2D eigenvalue weighted by atomic mass is 9.64. The van der Waals surface area contributed by atoms with E-state index in [0.29, 0.717) is 6.04 Å². The second kappa shape index (κ2) is 3.97. The zero-order chi connectivity index (χ0) is 13.8. The van der Waals surface area contributed by atoms with E-state index in [1.807, 2.05) is 12.1 Å². The first kappa shape index (κ1) is 12.9. The van der Waals surface area contributed by atoms with Crippen LogP contribution >= 0.6 is 0 Å². The van der Waals surface area contributed by atoms with Crippen LogP contribution in [0, 0.1) is 5.41 Å². The normalized spacial score (nSPS) is 34.3. The van der Waals surface area contributed by atoms with Gasteiger partial charge in [0.25, 0.3) is 0 Å². The van der Waals surface area contributed by atoms with Gasteiger partial charge in [0.2, 0.25) is 0 Å². The Morgan fingerprint density at radius 3 is 2.53 bits per heavy atom. The standard InChI is InChI=1S/C16H23NO2/c1-15(2)12(9-13(15)18)17-14-10-7-5-6-8-11(10)19-16(14,3)4/h5-8,12-14,17-18H,9H2,1-4H3. The van der Waals surface area contributed by atoms with Crippen LogP contribution in [0.1, 0.15) is 45.7 Å². The number of hydrogen-bond donors (Lipinski definition) is 2. The molecule has 19 heavy (non-hydrogen) atoms. The van der Waals surface area contributed by atoms with Gasteiger partial charge in [0.05, 0.1) is 12.1 Å². The fourth-order valence-corrected chi connectivity index (χ4v) is 3.21. The third-order valence-corrected chi connectivity index (χ3v) is 4.88. The lowest BCUT2D eigenvalue weighted by Gasteiger charge is -2.51. The third kappa shape index (κ3) is 1.87. The summed E-state index contributed by atoms with van der Waals surface area (Å²) in [5, 5.41) is 13.6. The van der Waals surface area contributed by atoms with Crippen LogP contribution in [-0.2, 0) is 0 Å². The molecule has 0 spiro atoms. The minimum absolute atomic E-state index is 0.0619. The van der Waals surface area contributed by atoms with Crippen molar-refractivity contribution in [3.05, 3.63) is 29.8 Å². The predicted octanol–water partition coefficient (Wildman–Crippen LogP) is 2.65. The third-order valence-electron chi connectivity index (χ3n) is 4.88. The molecule has 0 amide bonds. The van der Waals surface area contributed by atoms with Crippen molar-refractivity contribution in [2.75, 3.05) is 0 Å². The van der Waals surface area contributed by atoms with E-state index in [2.05, 4.69) is 45.1 Å². The highest BCUT2D eigenvalue weighted by molar-refractivity contribution is 5.42. The largest absolute Gasteiger partial charge is 0.486 e. The molecule has 3 heteroatoms. The van der Waals surface area contributed by atoms with Gasteiger partial charge in [-0.1, -0.05) is 32.0 Å². The number of benzene rings is 1. The zero-order valence-electron chi connectivity index (χ0n) is 12.1. The van der Waals surface area contributed by atoms with Gasteiger partial charge in [-0.3, -0.25) is 0 Å². The van der Waals surface area contributed by atoms with Gasteiger partial charge in [-0.15, -0.1) is 0 Å². The summed E-state index contributed by atoms with van der Waals surface area (Å²) < 4.78 is 6.05. The Morgan fingerprint density at radius 1 is 1.21 bits per heavy atom. The van der Waals surface area contributed by atoms with Crippen molar-refractivity contribution >= 4 is 0 Å². The Kier molecular flexibility index (Phi) is 2.70. The number of hydrogen-bond acceptors (Lipinski definition) is 3. The number of aliphatic hydroxyl groups excluding tert-OH is 1. The molecule has 0 radical (unpaired) electrons. The van der Waals surface area contributed by atoms with E-state index in [-0.39, 0.29) is 23.2 Å². The summed E-state index contributed by atoms with van der Waals surface area (Å²) in [5.74, 6) is 0.975. The molecule has 1 saturated carbocycles. The van der Waals surface area contributed by atoms with E-state index in [4.69, 9.17) is 4.74 Å². The minimum atomic E-state index is -0.250. The average Bonchev–Trinajstić information content (AvgIpc) is 2.60. The molecule has 1 aromatic rings. The molecule has 1 aliphatic heterocycles. The molecule has 1 fully saturated rings. The van der Waals surface area contributed by atoms with Gasteiger partial charge >= 0.3 is 0 Å². The first-order chi connectivity index (χ1) is 8.82. The minimum Gasteiger partial charge on any atom is -0.486 e. The molecular weight excluding hydrogens is 238 g/mol. The van der Waals surface area contributed by atoms with Gasteiger partial charge < -0.3 is 15.2 Å². The molecule has 0 saturated heterocycles. The van der Waals surface area contributed by atoms with Crippen LogP contribution in [0.25, 0.3) is 0 Å². The molecule has 3 unspecified atom stereocenters. The molecular formula is C16H23NO2. The van der Waals surface area contributed by atoms with Gasteiger partial charge in [-0.25, -0.2) is 0 Å². The number of fused-ring (bicyclic) bond motifs is 1. The number of nitrogens with one attached hydrogen (secondary N) is 1. The van der Waals surface area contributed by atoms with Crippen molar-refractivity contribution in [2.24, 2.45) is 5.41 Å². The molecule has 104 valence electrons. The van der Waals surface area contributed by atoms with Crippen molar-refractivity contribution in [1.82, 2.24) is 5.32 Å². The Bertz CT molecular complexity index is 495. The Hall–Kier alpha value is -1.06. The van der Waals surface area contributed by atoms with Crippen LogP contribution in [0.15, 0.2) is 24.3 Å². The molecule has 2 N–H and O–H groups in total. The van der Waals surface area contributed by atoms with E-state index < -0.39 is 0 Å². The van der Waals surface area contributed by atoms with Crippen LogP contribution in [-0.4, -0.2) is 22.9 Å². The Balaban J connectivity index is 1.84. The van der Waals surface area contributed by atoms with E-state index >= 15 is 0 Å². The highest BCUT2D eigenvalue weighted by Crippen LogP contribution is 2.47. The number of ether oxygens (including phenoxy) is 1. The van der Waals surface area contributed by atoms with Crippen molar-refractivity contribution in [3.63, 3.8) is 0 Å². The molecule has 1 heterocycles. The summed E-state index contributed by atoms with van der Waals surface area (Å²) in [5.41, 5.74) is 0.915. The van der Waals surface area contributed by atoms with Crippen LogP contribution < -0.4 is 10.1 Å².